The van der Waals surface area contributed by atoms with E-state index in [1.54, 1.807) is 12.1 Å². The summed E-state index contributed by atoms with van der Waals surface area (Å²) >= 11 is 0. The molecular weight excluding hydrogens is 142 g/mol. The van der Waals surface area contributed by atoms with E-state index in [-0.39, 0.29) is 103 Å². The Morgan fingerprint density at radius 2 is 1.43 bits per heavy atom. The maximum Gasteiger partial charge on any atom is 1.00 e. The molecule has 1 heterocycles. The molecule has 0 radical (unpaired) electrons. The van der Waals surface area contributed by atoms with Gasteiger partial charge in [-0.2, -0.15) is 6.26 Å². The Bertz CT molecular complexity index is 66.2. The topological polar surface area (TPSA) is 13.1 Å². The Hall–Kier alpha value is 2.55. The summed E-state index contributed by atoms with van der Waals surface area (Å²) in [7, 11) is 0. The van der Waals surface area contributed by atoms with Crippen molar-refractivity contribution in [3.63, 3.8) is 0 Å². The van der Waals surface area contributed by atoms with Crippen molar-refractivity contribution in [3.8, 4) is 0 Å². The Labute approximate surface area is 128 Å². The summed E-state index contributed by atoms with van der Waals surface area (Å²) in [5.74, 6) is 0. The van der Waals surface area contributed by atoms with Crippen LogP contribution in [-0.4, -0.2) is 0 Å². The molecule has 0 saturated carbocycles. The van der Waals surface area contributed by atoms with E-state index in [2.05, 4.69) is 16.9 Å². The van der Waals surface area contributed by atoms with E-state index >= 15 is 0 Å². The molecule has 0 saturated heterocycles. The van der Waals surface area contributed by atoms with Crippen LogP contribution in [0, 0.1) is 12.5 Å². The van der Waals surface area contributed by atoms with Gasteiger partial charge in [-0.1, -0.05) is 0 Å². The second-order valence-electron chi connectivity index (χ2n) is 0.671. The molecule has 0 aromatic carbocycles. The third-order valence-electron chi connectivity index (χ3n) is 0.337. The maximum absolute atomic E-state index is 4.33. The normalized spacial score (nSPS) is 5.71. The van der Waals surface area contributed by atoms with E-state index in [1.807, 2.05) is 0 Å². The first-order valence-electron chi connectivity index (χ1n) is 1.32. The van der Waals surface area contributed by atoms with Gasteiger partial charge in [0.2, 0.25) is 0 Å². The van der Waals surface area contributed by atoms with Gasteiger partial charge in [-0.3, -0.25) is 12.3 Å². The number of hydrogen-bond donors (Lipinski definition) is 0. The minimum Gasteiger partial charge on any atom is -0.745 e. The van der Waals surface area contributed by atoms with Crippen LogP contribution in [0.1, 0.15) is 0 Å². The molecule has 1 aromatic rings. The van der Waals surface area contributed by atoms with E-state index in [0.29, 0.717) is 0 Å². The standard InChI is InChI=1S/C4H2O.2K/c1-2-4-5-3-1;;/h1-2H;;/q-2;2*+1. The van der Waals surface area contributed by atoms with Crippen LogP contribution < -0.4 is 103 Å². The van der Waals surface area contributed by atoms with Gasteiger partial charge in [-0.05, 0) is 0 Å². The smallest absolute Gasteiger partial charge is 0.745 e. The van der Waals surface area contributed by atoms with Crippen LogP contribution >= 0.6 is 0 Å². The third-order valence-corrected chi connectivity index (χ3v) is 0.337. The van der Waals surface area contributed by atoms with E-state index < -0.39 is 0 Å². The van der Waals surface area contributed by atoms with Crippen LogP contribution in [0.15, 0.2) is 16.5 Å². The number of hydrogen-bond acceptors (Lipinski definition) is 1. The number of furan rings is 1. The van der Waals surface area contributed by atoms with Gasteiger partial charge in [0.15, 0.2) is 0 Å². The first-order chi connectivity index (χ1) is 2.50. The van der Waals surface area contributed by atoms with Crippen molar-refractivity contribution < 1.29 is 107 Å². The SMILES string of the molecule is [K+].[K+].[c-]1cc[c-]o1. The van der Waals surface area contributed by atoms with Gasteiger partial charge in [0, 0.05) is 0 Å². The van der Waals surface area contributed by atoms with Crippen molar-refractivity contribution >= 4 is 0 Å². The average molecular weight is 144 g/mol. The molecular formula is C4H2K2O. The molecule has 0 fully saturated rings. The molecule has 3 heteroatoms. The summed E-state index contributed by atoms with van der Waals surface area (Å²) in [5.41, 5.74) is 0. The van der Waals surface area contributed by atoms with Crippen LogP contribution in [0.25, 0.3) is 0 Å². The van der Waals surface area contributed by atoms with Crippen molar-refractivity contribution in [3.05, 3.63) is 24.7 Å². The molecule has 1 nitrogen and oxygen atoms in total. The number of rotatable bonds is 0. The van der Waals surface area contributed by atoms with E-state index in [1.165, 1.54) is 0 Å². The van der Waals surface area contributed by atoms with Crippen LogP contribution in [0.4, 0.5) is 0 Å². The Morgan fingerprint density at radius 3 is 1.57 bits per heavy atom. The maximum atomic E-state index is 4.33. The first kappa shape index (κ1) is 12.2. The predicted octanol–water partition coefficient (Wildman–Crippen LogP) is -5.11. The van der Waals surface area contributed by atoms with Gasteiger partial charge >= 0.3 is 103 Å². The van der Waals surface area contributed by atoms with Crippen molar-refractivity contribution in [2.45, 2.75) is 0 Å². The Balaban J connectivity index is 0. The molecule has 0 unspecified atom stereocenters. The zero-order chi connectivity index (χ0) is 3.54. The monoisotopic (exact) mass is 144 g/mol. The van der Waals surface area contributed by atoms with Gasteiger partial charge in [-0.15, -0.1) is 0 Å². The summed E-state index contributed by atoms with van der Waals surface area (Å²) < 4.78 is 4.33. The van der Waals surface area contributed by atoms with E-state index in [9.17, 15) is 0 Å². The largest absolute Gasteiger partial charge is 1.00 e. The van der Waals surface area contributed by atoms with Crippen molar-refractivity contribution in [2.24, 2.45) is 0 Å². The zero-order valence-electron chi connectivity index (χ0n) is 4.56. The van der Waals surface area contributed by atoms with Crippen LogP contribution in [-0.2, 0) is 0 Å². The second-order valence-corrected chi connectivity index (χ2v) is 0.671. The molecule has 0 aliphatic carbocycles. The summed E-state index contributed by atoms with van der Waals surface area (Å²) in [6.07, 6.45) is 4.86. The van der Waals surface area contributed by atoms with E-state index in [4.69, 9.17) is 0 Å². The predicted molar refractivity (Wildman–Crippen MR) is 16.4 cm³/mol. The van der Waals surface area contributed by atoms with Crippen LogP contribution in [0.5, 0.6) is 0 Å². The third kappa shape index (κ3) is 6.44. The molecule has 1 aromatic heterocycles. The van der Waals surface area contributed by atoms with Crippen molar-refractivity contribution in [1.82, 2.24) is 0 Å². The molecule has 0 aliphatic rings. The summed E-state index contributed by atoms with van der Waals surface area (Å²) in [6, 6.07) is 3.31. The molecule has 0 aliphatic heterocycles. The fourth-order valence-electron chi connectivity index (χ4n) is 0.170. The quantitative estimate of drug-likeness (QED) is 0.262. The first-order valence-corrected chi connectivity index (χ1v) is 1.32. The Kier molecular flexibility index (Phi) is 15.0. The fourth-order valence-corrected chi connectivity index (χ4v) is 0.170. The molecule has 0 atom stereocenters. The summed E-state index contributed by atoms with van der Waals surface area (Å²) in [4.78, 5) is 0. The Morgan fingerprint density at radius 1 is 1.00 bits per heavy atom. The molecule has 0 spiro atoms. The van der Waals surface area contributed by atoms with Crippen LogP contribution in [0.3, 0.4) is 0 Å². The van der Waals surface area contributed by atoms with Gasteiger partial charge < -0.3 is 10.5 Å². The summed E-state index contributed by atoms with van der Waals surface area (Å²) in [5, 5.41) is 0. The van der Waals surface area contributed by atoms with Crippen molar-refractivity contribution in [1.29, 1.82) is 0 Å². The minimum absolute atomic E-state index is 0. The van der Waals surface area contributed by atoms with E-state index in [0.717, 1.165) is 0 Å². The molecule has 26 valence electrons. The van der Waals surface area contributed by atoms with Gasteiger partial charge in [-0.25, -0.2) is 0 Å². The zero-order valence-corrected chi connectivity index (χ0v) is 10.8. The minimum atomic E-state index is 0. The summed E-state index contributed by atoms with van der Waals surface area (Å²) in [6.45, 7) is 0. The average Bonchev–Trinajstić information content (AvgIpc) is 1.76. The molecule has 0 amide bonds. The fraction of sp³-hybridized carbons (Fsp3) is 0. The molecule has 1 rings (SSSR count). The molecule has 7 heavy (non-hydrogen) atoms. The second kappa shape index (κ2) is 8.55. The van der Waals surface area contributed by atoms with Crippen molar-refractivity contribution in [2.75, 3.05) is 0 Å². The van der Waals surface area contributed by atoms with Gasteiger partial charge in [0.25, 0.3) is 0 Å². The van der Waals surface area contributed by atoms with Crippen LogP contribution in [0.2, 0.25) is 0 Å². The van der Waals surface area contributed by atoms with Gasteiger partial charge in [0.1, 0.15) is 0 Å². The molecule has 0 bridgehead atoms. The van der Waals surface area contributed by atoms with Gasteiger partial charge in [0.05, 0.1) is 0 Å². The molecule has 0 N–H and O–H groups in total.